The Labute approximate surface area is 127 Å². The van der Waals surface area contributed by atoms with Crippen molar-refractivity contribution in [1.82, 2.24) is 14.9 Å². The minimum Gasteiger partial charge on any atom is -0.326 e. The van der Waals surface area contributed by atoms with E-state index in [1.807, 2.05) is 6.20 Å². The van der Waals surface area contributed by atoms with Crippen LogP contribution in [-0.2, 0) is 0 Å². The molecule has 112 valence electrons. The van der Waals surface area contributed by atoms with Crippen LogP contribution in [0.15, 0.2) is 42.7 Å². The van der Waals surface area contributed by atoms with Gasteiger partial charge in [0.1, 0.15) is 5.82 Å². The third-order valence-electron chi connectivity index (χ3n) is 4.82. The molecule has 1 aliphatic rings. The van der Waals surface area contributed by atoms with E-state index < -0.39 is 0 Å². The minimum atomic E-state index is 0.476. The molecule has 1 aromatic carbocycles. The number of likely N-dealkylation sites (N-methyl/N-ethyl adjacent to an activating group) is 1. The molecule has 1 heterocycles. The highest BCUT2D eigenvalue weighted by Gasteiger charge is 2.35. The van der Waals surface area contributed by atoms with E-state index in [0.29, 0.717) is 18.0 Å². The Morgan fingerprint density at radius 3 is 2.62 bits per heavy atom. The van der Waals surface area contributed by atoms with Crippen LogP contribution in [0.4, 0.5) is 0 Å². The lowest BCUT2D eigenvalue weighted by Crippen LogP contribution is -2.43. The van der Waals surface area contributed by atoms with Gasteiger partial charge in [-0.2, -0.15) is 0 Å². The number of hydrogen-bond donors (Lipinski definition) is 1. The summed E-state index contributed by atoms with van der Waals surface area (Å²) in [5, 5.41) is 3.53. The highest BCUT2D eigenvalue weighted by atomic mass is 15.1. The first-order valence-electron chi connectivity index (χ1n) is 7.96. The molecule has 1 N–H and O–H groups in total. The number of nitrogens with one attached hydrogen (secondary N) is 1. The molecule has 2 aromatic rings. The van der Waals surface area contributed by atoms with Gasteiger partial charge in [-0.3, -0.25) is 0 Å². The monoisotopic (exact) mass is 283 g/mol. The van der Waals surface area contributed by atoms with Crippen LogP contribution in [0.1, 0.15) is 32.7 Å². The topological polar surface area (TPSA) is 29.9 Å². The second-order valence-electron chi connectivity index (χ2n) is 6.46. The summed E-state index contributed by atoms with van der Waals surface area (Å²) in [6.45, 7) is 4.74. The molecule has 21 heavy (non-hydrogen) atoms. The van der Waals surface area contributed by atoms with Gasteiger partial charge in [-0.25, -0.2) is 4.98 Å². The third-order valence-corrected chi connectivity index (χ3v) is 4.82. The Kier molecular flexibility index (Phi) is 4.11. The summed E-state index contributed by atoms with van der Waals surface area (Å²) in [7, 11) is 2.08. The zero-order valence-electron chi connectivity index (χ0n) is 13.2. The molecule has 0 bridgehead atoms. The Bertz CT molecular complexity index is 575. The first kappa shape index (κ1) is 14.3. The van der Waals surface area contributed by atoms with Crippen molar-refractivity contribution in [2.75, 3.05) is 7.05 Å². The van der Waals surface area contributed by atoms with Crippen LogP contribution in [0.25, 0.3) is 11.4 Å². The third kappa shape index (κ3) is 2.75. The van der Waals surface area contributed by atoms with Crippen molar-refractivity contribution in [3.05, 3.63) is 42.7 Å². The van der Waals surface area contributed by atoms with Crippen LogP contribution >= 0.6 is 0 Å². The molecule has 1 fully saturated rings. The van der Waals surface area contributed by atoms with E-state index in [1.165, 1.54) is 18.4 Å². The van der Waals surface area contributed by atoms with Crippen molar-refractivity contribution in [3.8, 4) is 11.4 Å². The van der Waals surface area contributed by atoms with Gasteiger partial charge in [0.25, 0.3) is 0 Å². The van der Waals surface area contributed by atoms with Crippen molar-refractivity contribution >= 4 is 0 Å². The quantitative estimate of drug-likeness (QED) is 0.930. The molecule has 3 heteroatoms. The average Bonchev–Trinajstić information content (AvgIpc) is 2.96. The van der Waals surface area contributed by atoms with Crippen LogP contribution in [0.5, 0.6) is 0 Å². The smallest absolute Gasteiger partial charge is 0.140 e. The van der Waals surface area contributed by atoms with Crippen LogP contribution in [-0.4, -0.2) is 22.6 Å². The van der Waals surface area contributed by atoms with Crippen molar-refractivity contribution in [1.29, 1.82) is 0 Å². The molecule has 1 aromatic heterocycles. The standard InChI is InChI=1S/C18H25N3/c1-13-11-14(2)17(16(12-13)19-3)21-10-9-20-18(21)15-7-5-4-6-8-15/h4-10,13-14,16-17,19H,11-12H2,1-3H3. The Morgan fingerprint density at radius 2 is 1.90 bits per heavy atom. The minimum absolute atomic E-state index is 0.476. The molecule has 4 atom stereocenters. The zero-order chi connectivity index (χ0) is 14.8. The molecule has 0 amide bonds. The summed E-state index contributed by atoms with van der Waals surface area (Å²) in [5.41, 5.74) is 1.20. The summed E-state index contributed by atoms with van der Waals surface area (Å²) >= 11 is 0. The SMILES string of the molecule is CNC1CC(C)CC(C)C1n1ccnc1-c1ccccc1. The first-order valence-corrected chi connectivity index (χ1v) is 7.96. The van der Waals surface area contributed by atoms with Gasteiger partial charge in [0, 0.05) is 24.0 Å². The maximum absolute atomic E-state index is 4.62. The number of nitrogens with zero attached hydrogens (tertiary/aromatic N) is 2. The lowest BCUT2D eigenvalue weighted by Gasteiger charge is -2.41. The molecule has 0 aliphatic heterocycles. The maximum atomic E-state index is 4.62. The zero-order valence-corrected chi connectivity index (χ0v) is 13.2. The van der Waals surface area contributed by atoms with Gasteiger partial charge in [-0.1, -0.05) is 44.2 Å². The first-order chi connectivity index (χ1) is 10.2. The highest BCUT2D eigenvalue weighted by molar-refractivity contribution is 5.55. The Morgan fingerprint density at radius 1 is 1.14 bits per heavy atom. The van der Waals surface area contributed by atoms with E-state index in [2.05, 4.69) is 72.3 Å². The molecule has 3 rings (SSSR count). The number of hydrogen-bond acceptors (Lipinski definition) is 2. The fourth-order valence-corrected chi connectivity index (χ4v) is 3.96. The molecule has 0 radical (unpaired) electrons. The predicted molar refractivity (Wildman–Crippen MR) is 87.1 cm³/mol. The van der Waals surface area contributed by atoms with E-state index in [4.69, 9.17) is 0 Å². The van der Waals surface area contributed by atoms with Gasteiger partial charge in [-0.05, 0) is 31.7 Å². The van der Waals surface area contributed by atoms with Crippen LogP contribution < -0.4 is 5.32 Å². The molecular formula is C18H25N3. The van der Waals surface area contributed by atoms with E-state index >= 15 is 0 Å². The van der Waals surface area contributed by atoms with Gasteiger partial charge in [0.2, 0.25) is 0 Å². The summed E-state index contributed by atoms with van der Waals surface area (Å²) in [4.78, 5) is 4.62. The van der Waals surface area contributed by atoms with Crippen LogP contribution in [0, 0.1) is 11.8 Å². The van der Waals surface area contributed by atoms with Gasteiger partial charge in [-0.15, -0.1) is 0 Å². The lowest BCUT2D eigenvalue weighted by atomic mass is 9.76. The summed E-state index contributed by atoms with van der Waals surface area (Å²) in [5.74, 6) is 2.53. The molecule has 0 spiro atoms. The van der Waals surface area contributed by atoms with E-state index in [9.17, 15) is 0 Å². The van der Waals surface area contributed by atoms with Gasteiger partial charge in [0.15, 0.2) is 0 Å². The summed E-state index contributed by atoms with van der Waals surface area (Å²) < 4.78 is 2.38. The fraction of sp³-hybridized carbons (Fsp3) is 0.500. The van der Waals surface area contributed by atoms with Crippen LogP contribution in [0.2, 0.25) is 0 Å². The fourth-order valence-electron chi connectivity index (χ4n) is 3.96. The normalized spacial score (nSPS) is 29.5. The molecule has 4 unspecified atom stereocenters. The second kappa shape index (κ2) is 6.02. The highest BCUT2D eigenvalue weighted by Crippen LogP contribution is 2.38. The number of aromatic nitrogens is 2. The lowest BCUT2D eigenvalue weighted by molar-refractivity contribution is 0.160. The number of imidazole rings is 1. The van der Waals surface area contributed by atoms with E-state index in [0.717, 1.165) is 11.7 Å². The summed E-state index contributed by atoms with van der Waals surface area (Å²) in [6, 6.07) is 11.5. The number of rotatable bonds is 3. The average molecular weight is 283 g/mol. The summed E-state index contributed by atoms with van der Waals surface area (Å²) in [6.07, 6.45) is 6.59. The molecule has 3 nitrogen and oxygen atoms in total. The largest absolute Gasteiger partial charge is 0.326 e. The van der Waals surface area contributed by atoms with E-state index in [-0.39, 0.29) is 0 Å². The van der Waals surface area contributed by atoms with E-state index in [1.54, 1.807) is 0 Å². The van der Waals surface area contributed by atoms with Crippen molar-refractivity contribution in [3.63, 3.8) is 0 Å². The Hall–Kier alpha value is -1.61. The maximum Gasteiger partial charge on any atom is 0.140 e. The van der Waals surface area contributed by atoms with Crippen molar-refractivity contribution in [2.24, 2.45) is 11.8 Å². The predicted octanol–water partition coefficient (Wildman–Crippen LogP) is 3.75. The molecular weight excluding hydrogens is 258 g/mol. The Balaban J connectivity index is 1.98. The van der Waals surface area contributed by atoms with Crippen molar-refractivity contribution in [2.45, 2.75) is 38.8 Å². The molecule has 1 saturated carbocycles. The van der Waals surface area contributed by atoms with Crippen molar-refractivity contribution < 1.29 is 0 Å². The van der Waals surface area contributed by atoms with Gasteiger partial charge in [0.05, 0.1) is 6.04 Å². The molecule has 1 aliphatic carbocycles. The second-order valence-corrected chi connectivity index (χ2v) is 6.46. The van der Waals surface area contributed by atoms with Gasteiger partial charge < -0.3 is 9.88 Å². The van der Waals surface area contributed by atoms with Crippen LogP contribution in [0.3, 0.4) is 0 Å². The number of benzene rings is 1. The molecule has 0 saturated heterocycles. The van der Waals surface area contributed by atoms with Gasteiger partial charge >= 0.3 is 0 Å².